The van der Waals surface area contributed by atoms with E-state index >= 15 is 0 Å². The van der Waals surface area contributed by atoms with Crippen molar-refractivity contribution in [1.82, 2.24) is 9.80 Å². The fraction of sp³-hybridized carbons (Fsp3) is 0.500. The Labute approximate surface area is 149 Å². The first kappa shape index (κ1) is 17.3. The maximum absolute atomic E-state index is 12.5. The van der Waals surface area contributed by atoms with Gasteiger partial charge in [-0.25, -0.2) is 0 Å². The summed E-state index contributed by atoms with van der Waals surface area (Å²) in [6.07, 6.45) is 1.29. The number of carbonyl (C=O) groups is 2. The summed E-state index contributed by atoms with van der Waals surface area (Å²) >= 11 is 12.3. The van der Waals surface area contributed by atoms with Gasteiger partial charge in [-0.05, 0) is 25.0 Å². The van der Waals surface area contributed by atoms with E-state index in [4.69, 9.17) is 28.3 Å². The number of phenols is 1. The number of hydrogen-bond donors (Lipinski definition) is 2. The van der Waals surface area contributed by atoms with Crippen LogP contribution in [0.2, 0.25) is 10.0 Å². The quantitative estimate of drug-likeness (QED) is 0.826. The lowest BCUT2D eigenvalue weighted by molar-refractivity contribution is -0.140. The highest BCUT2D eigenvalue weighted by atomic mass is 35.5. The van der Waals surface area contributed by atoms with E-state index in [1.807, 2.05) is 0 Å². The third kappa shape index (κ3) is 3.06. The molecule has 0 radical (unpaired) electrons. The molecule has 6 nitrogen and oxygen atoms in total. The minimum Gasteiger partial charge on any atom is -0.508 e. The number of benzene rings is 1. The van der Waals surface area contributed by atoms with Crippen molar-refractivity contribution < 1.29 is 19.8 Å². The Bertz CT molecular complexity index is 682. The third-order valence-corrected chi connectivity index (χ3v) is 5.62. The van der Waals surface area contributed by atoms with Gasteiger partial charge in [-0.15, -0.1) is 0 Å². The van der Waals surface area contributed by atoms with Crippen molar-refractivity contribution in [3.8, 4) is 5.75 Å². The van der Waals surface area contributed by atoms with Crippen LogP contribution in [0.1, 0.15) is 24.3 Å². The van der Waals surface area contributed by atoms with Crippen LogP contribution in [0.4, 0.5) is 0 Å². The molecule has 1 aromatic rings. The Hall–Kier alpha value is -1.50. The summed E-state index contributed by atoms with van der Waals surface area (Å²) in [7, 11) is 0. The largest absolute Gasteiger partial charge is 0.508 e. The average molecular weight is 373 g/mol. The molecular formula is C16H18Cl2N2O4. The van der Waals surface area contributed by atoms with Crippen LogP contribution >= 0.6 is 23.2 Å². The van der Waals surface area contributed by atoms with Crippen LogP contribution in [-0.2, 0) is 9.59 Å². The minimum atomic E-state index is -0.591. The van der Waals surface area contributed by atoms with Crippen LogP contribution in [0, 0.1) is 0 Å². The molecule has 0 aromatic heterocycles. The number of phenolic OH excluding ortho intramolecular Hbond substituents is 1. The SMILES string of the molecule is O=C(CO)N1CC[C@@H]2C[C@H](c3c(O)ccc(Cl)c3Cl)CN2C(=O)C1. The van der Waals surface area contributed by atoms with Crippen molar-refractivity contribution in [1.29, 1.82) is 0 Å². The number of fused-ring (bicyclic) bond motifs is 1. The van der Waals surface area contributed by atoms with E-state index in [2.05, 4.69) is 0 Å². The van der Waals surface area contributed by atoms with Gasteiger partial charge in [0.2, 0.25) is 11.8 Å². The van der Waals surface area contributed by atoms with Crippen molar-refractivity contribution in [3.63, 3.8) is 0 Å². The van der Waals surface area contributed by atoms with Gasteiger partial charge in [0.25, 0.3) is 0 Å². The fourth-order valence-electron chi connectivity index (χ4n) is 3.60. The molecule has 2 heterocycles. The molecule has 2 atom stereocenters. The first-order valence-corrected chi connectivity index (χ1v) is 8.53. The van der Waals surface area contributed by atoms with Gasteiger partial charge in [-0.1, -0.05) is 23.2 Å². The highest BCUT2D eigenvalue weighted by molar-refractivity contribution is 6.42. The Morgan fingerprint density at radius 3 is 2.79 bits per heavy atom. The lowest BCUT2D eigenvalue weighted by Crippen LogP contribution is -2.41. The number of nitrogens with zero attached hydrogens (tertiary/aromatic N) is 2. The van der Waals surface area contributed by atoms with Gasteiger partial charge in [0.15, 0.2) is 0 Å². The summed E-state index contributed by atoms with van der Waals surface area (Å²) in [5.74, 6) is -0.599. The van der Waals surface area contributed by atoms with Crippen LogP contribution in [0.3, 0.4) is 0 Å². The predicted octanol–water partition coefficient (Wildman–Crippen LogP) is 1.61. The molecule has 1 aromatic carbocycles. The molecule has 2 amide bonds. The van der Waals surface area contributed by atoms with E-state index in [1.54, 1.807) is 11.0 Å². The van der Waals surface area contributed by atoms with E-state index < -0.39 is 12.5 Å². The highest BCUT2D eigenvalue weighted by Crippen LogP contribution is 2.43. The van der Waals surface area contributed by atoms with Gasteiger partial charge in [0, 0.05) is 30.6 Å². The zero-order chi connectivity index (χ0) is 17.4. The molecule has 130 valence electrons. The number of aliphatic hydroxyl groups is 1. The first-order chi connectivity index (χ1) is 11.4. The molecule has 24 heavy (non-hydrogen) atoms. The second-order valence-corrected chi connectivity index (χ2v) is 6.97. The average Bonchev–Trinajstić information content (AvgIpc) is 2.91. The van der Waals surface area contributed by atoms with Crippen LogP contribution in [0.15, 0.2) is 12.1 Å². The molecule has 2 fully saturated rings. The maximum Gasteiger partial charge on any atom is 0.248 e. The topological polar surface area (TPSA) is 81.1 Å². The molecule has 0 saturated carbocycles. The predicted molar refractivity (Wildman–Crippen MR) is 89.3 cm³/mol. The van der Waals surface area contributed by atoms with E-state index in [1.165, 1.54) is 11.0 Å². The molecule has 0 unspecified atom stereocenters. The van der Waals surface area contributed by atoms with Crippen molar-refractivity contribution >= 4 is 35.0 Å². The number of rotatable bonds is 2. The second-order valence-electron chi connectivity index (χ2n) is 6.19. The smallest absolute Gasteiger partial charge is 0.248 e. The number of halogens is 2. The molecule has 2 N–H and O–H groups in total. The summed E-state index contributed by atoms with van der Waals surface area (Å²) in [5.41, 5.74) is 0.577. The van der Waals surface area contributed by atoms with Crippen molar-refractivity contribution in [3.05, 3.63) is 27.7 Å². The van der Waals surface area contributed by atoms with E-state index in [0.29, 0.717) is 41.5 Å². The Morgan fingerprint density at radius 1 is 1.33 bits per heavy atom. The van der Waals surface area contributed by atoms with Crippen LogP contribution in [0.5, 0.6) is 5.75 Å². The van der Waals surface area contributed by atoms with Crippen LogP contribution in [0.25, 0.3) is 0 Å². The van der Waals surface area contributed by atoms with Gasteiger partial charge >= 0.3 is 0 Å². The van der Waals surface area contributed by atoms with Gasteiger partial charge < -0.3 is 20.0 Å². The number of hydrogen-bond acceptors (Lipinski definition) is 4. The monoisotopic (exact) mass is 372 g/mol. The Balaban J connectivity index is 1.81. The zero-order valence-corrected chi connectivity index (χ0v) is 14.4. The first-order valence-electron chi connectivity index (χ1n) is 7.77. The maximum atomic E-state index is 12.5. The van der Waals surface area contributed by atoms with Crippen molar-refractivity contribution in [2.24, 2.45) is 0 Å². The van der Waals surface area contributed by atoms with Gasteiger partial charge in [-0.3, -0.25) is 9.59 Å². The molecule has 2 aliphatic heterocycles. The van der Waals surface area contributed by atoms with Gasteiger partial charge in [-0.2, -0.15) is 0 Å². The molecule has 0 bridgehead atoms. The lowest BCUT2D eigenvalue weighted by atomic mass is 9.94. The zero-order valence-electron chi connectivity index (χ0n) is 12.9. The van der Waals surface area contributed by atoms with Crippen LogP contribution < -0.4 is 0 Å². The molecular weight excluding hydrogens is 355 g/mol. The molecule has 2 saturated heterocycles. The minimum absolute atomic E-state index is 0.0200. The standard InChI is InChI=1S/C16H18Cl2N2O4/c17-11-1-2-12(22)15(16(11)18)9-5-10-3-4-19(14(24)8-21)7-13(23)20(10)6-9/h1-2,9-10,21-22H,3-8H2/t9-,10+/m0/s1. The molecule has 2 aliphatic rings. The van der Waals surface area contributed by atoms with Crippen molar-refractivity contribution in [2.45, 2.75) is 24.8 Å². The second kappa shape index (κ2) is 6.78. The lowest BCUT2D eigenvalue weighted by Gasteiger charge is -2.21. The number of aromatic hydroxyl groups is 1. The highest BCUT2D eigenvalue weighted by Gasteiger charge is 2.40. The van der Waals surface area contributed by atoms with E-state index in [-0.39, 0.29) is 30.2 Å². The summed E-state index contributed by atoms with van der Waals surface area (Å²) < 4.78 is 0. The third-order valence-electron chi connectivity index (χ3n) is 4.80. The van der Waals surface area contributed by atoms with Crippen molar-refractivity contribution in [2.75, 3.05) is 26.2 Å². The number of amides is 2. The van der Waals surface area contributed by atoms with Gasteiger partial charge in [0.1, 0.15) is 12.4 Å². The van der Waals surface area contributed by atoms with E-state index in [9.17, 15) is 14.7 Å². The summed E-state index contributed by atoms with van der Waals surface area (Å²) in [4.78, 5) is 27.2. The van der Waals surface area contributed by atoms with E-state index in [0.717, 1.165) is 0 Å². The molecule has 8 heteroatoms. The Kier molecular flexibility index (Phi) is 4.90. The molecule has 3 rings (SSSR count). The fourth-order valence-corrected chi connectivity index (χ4v) is 4.08. The Morgan fingerprint density at radius 2 is 2.08 bits per heavy atom. The summed E-state index contributed by atoms with van der Waals surface area (Å²) in [5, 5.41) is 19.8. The normalized spacial score (nSPS) is 24.0. The summed E-state index contributed by atoms with van der Waals surface area (Å²) in [6, 6.07) is 3.03. The van der Waals surface area contributed by atoms with Gasteiger partial charge in [0.05, 0.1) is 16.6 Å². The summed E-state index contributed by atoms with van der Waals surface area (Å²) in [6.45, 7) is 0.233. The van der Waals surface area contributed by atoms with Crippen LogP contribution in [-0.4, -0.2) is 64.1 Å². The molecule has 0 aliphatic carbocycles. The molecule has 0 spiro atoms. The number of aliphatic hydroxyl groups excluding tert-OH is 1. The number of carbonyl (C=O) groups excluding carboxylic acids is 2.